The molecule has 13 heteroatoms. The first-order valence-corrected chi connectivity index (χ1v) is 15.3. The fourth-order valence-corrected chi connectivity index (χ4v) is 6.12. The second kappa shape index (κ2) is 12.9. The van der Waals surface area contributed by atoms with Crippen LogP contribution >= 0.6 is 0 Å². The number of hydrogen-bond acceptors (Lipinski definition) is 7. The van der Waals surface area contributed by atoms with E-state index in [9.17, 15) is 22.8 Å². The first kappa shape index (κ1) is 31.2. The minimum absolute atomic E-state index is 0.00596. The zero-order valence-corrected chi connectivity index (χ0v) is 25.2. The van der Waals surface area contributed by atoms with Crippen LogP contribution in [0.2, 0.25) is 0 Å². The molecule has 3 aromatic heterocycles. The van der Waals surface area contributed by atoms with Crippen molar-refractivity contribution < 1.29 is 27.5 Å². The monoisotopic (exact) mass is 633 g/mol. The zero-order valence-electron chi connectivity index (χ0n) is 25.2. The van der Waals surface area contributed by atoms with E-state index in [0.717, 1.165) is 48.7 Å². The summed E-state index contributed by atoms with van der Waals surface area (Å²) in [6.07, 6.45) is 6.28. The van der Waals surface area contributed by atoms with Crippen LogP contribution in [0.5, 0.6) is 0 Å². The Morgan fingerprint density at radius 2 is 1.96 bits per heavy atom. The quantitative estimate of drug-likeness (QED) is 0.246. The van der Waals surface area contributed by atoms with E-state index in [-0.39, 0.29) is 35.5 Å². The van der Waals surface area contributed by atoms with E-state index in [1.54, 1.807) is 30.5 Å². The average Bonchev–Trinajstić information content (AvgIpc) is 3.43. The Labute approximate surface area is 263 Å². The molecule has 2 amide bonds. The van der Waals surface area contributed by atoms with Crippen LogP contribution in [0.15, 0.2) is 54.9 Å². The summed E-state index contributed by atoms with van der Waals surface area (Å²) in [5.41, 5.74) is 8.76. The molecule has 46 heavy (non-hydrogen) atoms. The number of nitrogen functional groups attached to an aromatic ring is 1. The van der Waals surface area contributed by atoms with Gasteiger partial charge in [-0.2, -0.15) is 18.3 Å². The third-order valence-electron chi connectivity index (χ3n) is 8.35. The average molecular weight is 634 g/mol. The Kier molecular flexibility index (Phi) is 8.76. The Morgan fingerprint density at radius 1 is 1.15 bits per heavy atom. The number of fused-ring (bicyclic) bond motifs is 3. The Morgan fingerprint density at radius 3 is 2.74 bits per heavy atom. The molecule has 0 radical (unpaired) electrons. The van der Waals surface area contributed by atoms with Gasteiger partial charge in [-0.3, -0.25) is 14.3 Å². The highest BCUT2D eigenvalue weighted by atomic mass is 19.4. The molecule has 1 aliphatic carbocycles. The maximum Gasteiger partial charge on any atom is 0.416 e. The first-order valence-electron chi connectivity index (χ1n) is 15.3. The van der Waals surface area contributed by atoms with Gasteiger partial charge in [0.05, 0.1) is 41.6 Å². The molecule has 4 heterocycles. The minimum atomic E-state index is -4.56. The first-order chi connectivity index (χ1) is 22.1. The lowest BCUT2D eigenvalue weighted by Crippen LogP contribution is -2.40. The topological polar surface area (TPSA) is 137 Å². The van der Waals surface area contributed by atoms with E-state index in [2.05, 4.69) is 20.6 Å². The lowest BCUT2D eigenvalue weighted by atomic mass is 9.90. The molecule has 1 fully saturated rings. The highest BCUT2D eigenvalue weighted by Crippen LogP contribution is 2.39. The van der Waals surface area contributed by atoms with Crippen LogP contribution in [0.25, 0.3) is 28.2 Å². The lowest BCUT2D eigenvalue weighted by Gasteiger charge is -2.31. The molecule has 2 bridgehead atoms. The third kappa shape index (κ3) is 6.74. The van der Waals surface area contributed by atoms with Crippen molar-refractivity contribution >= 4 is 40.4 Å². The molecular formula is C33H34F3N7O3. The second-order valence-corrected chi connectivity index (χ2v) is 11.7. The number of aromatic nitrogens is 4. The number of nitrogens with two attached hydrogens (primary N) is 1. The molecule has 3 atom stereocenters. The lowest BCUT2D eigenvalue weighted by molar-refractivity contribution is -0.137. The van der Waals surface area contributed by atoms with Crippen molar-refractivity contribution in [2.24, 2.45) is 0 Å². The molecule has 4 N–H and O–H groups in total. The molecular weight excluding hydrogens is 599 g/mol. The fourth-order valence-electron chi connectivity index (χ4n) is 6.12. The van der Waals surface area contributed by atoms with Crippen LogP contribution in [0.4, 0.5) is 24.8 Å². The number of carbonyl (C=O) groups is 2. The molecule has 4 aromatic rings. The van der Waals surface area contributed by atoms with Crippen molar-refractivity contribution in [3.8, 4) is 11.3 Å². The Hall–Kier alpha value is -4.78. The molecule has 0 spiro atoms. The van der Waals surface area contributed by atoms with E-state index in [1.165, 1.54) is 0 Å². The summed E-state index contributed by atoms with van der Waals surface area (Å²) in [5, 5.41) is 11.4. The largest absolute Gasteiger partial charge is 0.416 e. The van der Waals surface area contributed by atoms with E-state index in [1.807, 2.05) is 23.8 Å². The smallest absolute Gasteiger partial charge is 0.383 e. The fraction of sp³-hybridized carbons (Fsp3) is 0.364. The summed E-state index contributed by atoms with van der Waals surface area (Å²) in [6.45, 7) is 2.37. The van der Waals surface area contributed by atoms with E-state index in [0.29, 0.717) is 48.3 Å². The van der Waals surface area contributed by atoms with Crippen molar-refractivity contribution in [2.75, 3.05) is 17.7 Å². The number of alkyl halides is 3. The van der Waals surface area contributed by atoms with Crippen LogP contribution in [0.1, 0.15) is 73.0 Å². The van der Waals surface area contributed by atoms with Gasteiger partial charge in [-0.05, 0) is 63.3 Å². The molecule has 1 aliphatic heterocycles. The molecule has 240 valence electrons. The van der Waals surface area contributed by atoms with Crippen molar-refractivity contribution in [3.05, 3.63) is 71.6 Å². The molecule has 0 unspecified atom stereocenters. The number of halogens is 3. The maximum absolute atomic E-state index is 13.1. The number of hydrogen-bond donors (Lipinski definition) is 3. The highest BCUT2D eigenvalue weighted by molar-refractivity contribution is 6.06. The van der Waals surface area contributed by atoms with Gasteiger partial charge in [-0.1, -0.05) is 24.3 Å². The molecule has 6 rings (SSSR count). The van der Waals surface area contributed by atoms with Crippen LogP contribution in [-0.4, -0.2) is 50.3 Å². The molecule has 10 nitrogen and oxygen atoms in total. The van der Waals surface area contributed by atoms with Crippen molar-refractivity contribution in [3.63, 3.8) is 0 Å². The highest BCUT2D eigenvalue weighted by Gasteiger charge is 2.31. The summed E-state index contributed by atoms with van der Waals surface area (Å²) in [6, 6.07) is 8.19. The van der Waals surface area contributed by atoms with Gasteiger partial charge in [-0.15, -0.1) is 0 Å². The van der Waals surface area contributed by atoms with Crippen molar-refractivity contribution in [1.29, 1.82) is 0 Å². The van der Waals surface area contributed by atoms with Gasteiger partial charge < -0.3 is 21.1 Å². The molecule has 2 aliphatic rings. The number of rotatable bonds is 3. The number of nitrogens with one attached hydrogen (secondary N) is 2. The van der Waals surface area contributed by atoms with Gasteiger partial charge in [0.1, 0.15) is 17.3 Å². The predicted molar refractivity (Wildman–Crippen MR) is 168 cm³/mol. The number of anilines is 2. The van der Waals surface area contributed by atoms with Crippen LogP contribution in [0.3, 0.4) is 0 Å². The van der Waals surface area contributed by atoms with Gasteiger partial charge in [-0.25, -0.2) is 9.97 Å². The number of carbonyl (C=O) groups excluding carboxylic acids is 2. The number of amides is 2. The Balaban J connectivity index is 1.35. The number of benzene rings is 1. The van der Waals surface area contributed by atoms with E-state index in [4.69, 9.17) is 15.6 Å². The van der Waals surface area contributed by atoms with Crippen LogP contribution < -0.4 is 16.4 Å². The van der Waals surface area contributed by atoms with Crippen LogP contribution in [-0.2, 0) is 15.7 Å². The third-order valence-corrected chi connectivity index (χ3v) is 8.35. The van der Waals surface area contributed by atoms with Crippen molar-refractivity contribution in [1.82, 2.24) is 25.1 Å². The number of pyridine rings is 2. The minimum Gasteiger partial charge on any atom is -0.383 e. The van der Waals surface area contributed by atoms with Crippen molar-refractivity contribution in [2.45, 2.75) is 69.8 Å². The number of ether oxygens (including phenoxy) is 1. The molecule has 0 saturated heterocycles. The standard InChI is InChI=1S/C33H34F3N7O3/c1-19-15-27(44)40-24-6-4-7-25(17-24)43-30-22(5-2-3-14-46-19)18-39-31(37)28(30)29(42-43)20-8-10-21(11-9-20)32(45)41-26-16-23(12-13-38-26)33(34,35)36/h2,5,8-13,16,18-19,24-25H,3-4,6-7,14-15,17H2,1H3,(H2,37,39)(H,40,44)(H,38,41,45)/b5-2+/t19-,24-,25-/m1/s1. The van der Waals surface area contributed by atoms with Gasteiger partial charge in [0.15, 0.2) is 0 Å². The summed E-state index contributed by atoms with van der Waals surface area (Å²) < 4.78 is 47.2. The van der Waals surface area contributed by atoms with E-state index < -0.39 is 17.6 Å². The zero-order chi connectivity index (χ0) is 32.4. The Bertz CT molecular complexity index is 1790. The van der Waals surface area contributed by atoms with Gasteiger partial charge in [0, 0.05) is 35.1 Å². The van der Waals surface area contributed by atoms with Crippen LogP contribution in [0, 0.1) is 0 Å². The molecule has 1 aromatic carbocycles. The summed E-state index contributed by atoms with van der Waals surface area (Å²) in [7, 11) is 0. The molecule has 1 saturated carbocycles. The summed E-state index contributed by atoms with van der Waals surface area (Å²) in [5.74, 6) is -0.537. The maximum atomic E-state index is 13.1. The second-order valence-electron chi connectivity index (χ2n) is 11.7. The van der Waals surface area contributed by atoms with Gasteiger partial charge in [0.2, 0.25) is 5.91 Å². The summed E-state index contributed by atoms with van der Waals surface area (Å²) in [4.78, 5) is 34.0. The normalized spacial score (nSPS) is 21.6. The summed E-state index contributed by atoms with van der Waals surface area (Å²) >= 11 is 0. The predicted octanol–water partition coefficient (Wildman–Crippen LogP) is 6.16. The van der Waals surface area contributed by atoms with E-state index >= 15 is 0 Å². The number of nitrogens with zero attached hydrogens (tertiary/aromatic N) is 4. The SMILES string of the molecule is C[C@@H]1CC(=O)N[C@@H]2CCC[C@H](C2)n2nc(-c3ccc(C(=O)Nc4cc(C(F)(F)F)ccn4)cc3)c3c(N)ncc(c32)/C=C/CCO1. The van der Waals surface area contributed by atoms with Gasteiger partial charge in [0.25, 0.3) is 5.91 Å². The van der Waals surface area contributed by atoms with Gasteiger partial charge >= 0.3 is 6.18 Å².